The van der Waals surface area contributed by atoms with E-state index in [0.29, 0.717) is 11.1 Å². The van der Waals surface area contributed by atoms with E-state index in [0.717, 1.165) is 11.4 Å². The SMILES string of the molecule is Cc1cc(C)nc(NC(=O)c2ccc(O)c(C)c2)n1. The first-order chi connectivity index (χ1) is 8.95. The molecule has 98 valence electrons. The number of nitrogens with one attached hydrogen (secondary N) is 1. The van der Waals surface area contributed by atoms with Crippen molar-refractivity contribution in [3.63, 3.8) is 0 Å². The van der Waals surface area contributed by atoms with Crippen LogP contribution in [-0.2, 0) is 0 Å². The zero-order valence-electron chi connectivity index (χ0n) is 11.1. The molecule has 2 N–H and O–H groups in total. The van der Waals surface area contributed by atoms with Gasteiger partial charge >= 0.3 is 0 Å². The van der Waals surface area contributed by atoms with Crippen LogP contribution in [0.5, 0.6) is 5.75 Å². The standard InChI is InChI=1S/C14H15N3O2/c1-8-6-11(4-5-12(8)18)13(19)17-14-15-9(2)7-10(3)16-14/h4-7,18H,1-3H3,(H,15,16,17,19). The van der Waals surface area contributed by atoms with Gasteiger partial charge < -0.3 is 5.11 Å². The number of benzene rings is 1. The number of hydrogen-bond acceptors (Lipinski definition) is 4. The molecule has 0 fully saturated rings. The molecule has 0 spiro atoms. The summed E-state index contributed by atoms with van der Waals surface area (Å²) in [5.41, 5.74) is 2.70. The fourth-order valence-electron chi connectivity index (χ4n) is 1.75. The lowest BCUT2D eigenvalue weighted by Gasteiger charge is -2.06. The lowest BCUT2D eigenvalue weighted by atomic mass is 10.1. The Morgan fingerprint density at radius 3 is 2.32 bits per heavy atom. The number of hydrogen-bond donors (Lipinski definition) is 2. The van der Waals surface area contributed by atoms with Crippen LogP contribution in [-0.4, -0.2) is 21.0 Å². The van der Waals surface area contributed by atoms with Crippen LogP contribution in [0.2, 0.25) is 0 Å². The van der Waals surface area contributed by atoms with Gasteiger partial charge in [0, 0.05) is 17.0 Å². The van der Waals surface area contributed by atoms with Gasteiger partial charge in [-0.1, -0.05) is 0 Å². The highest BCUT2D eigenvalue weighted by Gasteiger charge is 2.09. The van der Waals surface area contributed by atoms with Crippen LogP contribution < -0.4 is 5.32 Å². The number of carbonyl (C=O) groups excluding carboxylic acids is 1. The smallest absolute Gasteiger partial charge is 0.258 e. The molecule has 0 saturated carbocycles. The van der Waals surface area contributed by atoms with Gasteiger partial charge in [-0.15, -0.1) is 0 Å². The van der Waals surface area contributed by atoms with Gasteiger partial charge in [0.25, 0.3) is 5.91 Å². The first-order valence-electron chi connectivity index (χ1n) is 5.89. The van der Waals surface area contributed by atoms with E-state index in [4.69, 9.17) is 0 Å². The highest BCUT2D eigenvalue weighted by Crippen LogP contribution is 2.17. The summed E-state index contributed by atoms with van der Waals surface area (Å²) in [6.45, 7) is 5.42. The van der Waals surface area contributed by atoms with Crippen molar-refractivity contribution < 1.29 is 9.90 Å². The molecule has 2 rings (SSSR count). The Hall–Kier alpha value is -2.43. The number of phenols is 1. The van der Waals surface area contributed by atoms with Crippen LogP contribution >= 0.6 is 0 Å². The first kappa shape index (κ1) is 13.0. The fourth-order valence-corrected chi connectivity index (χ4v) is 1.75. The summed E-state index contributed by atoms with van der Waals surface area (Å²) in [6.07, 6.45) is 0. The maximum atomic E-state index is 12.0. The van der Waals surface area contributed by atoms with Gasteiger partial charge in [0.15, 0.2) is 0 Å². The van der Waals surface area contributed by atoms with Crippen LogP contribution in [0.25, 0.3) is 0 Å². The summed E-state index contributed by atoms with van der Waals surface area (Å²) in [7, 11) is 0. The van der Waals surface area contributed by atoms with E-state index in [1.54, 1.807) is 19.1 Å². The molecule has 0 unspecified atom stereocenters. The number of rotatable bonds is 2. The quantitative estimate of drug-likeness (QED) is 0.866. The van der Waals surface area contributed by atoms with Gasteiger partial charge in [-0.05, 0) is 50.6 Å². The molecule has 5 heteroatoms. The second-order valence-corrected chi connectivity index (χ2v) is 4.43. The van der Waals surface area contributed by atoms with Crippen LogP contribution in [0.3, 0.4) is 0 Å². The number of carbonyl (C=O) groups is 1. The lowest BCUT2D eigenvalue weighted by Crippen LogP contribution is -2.15. The molecule has 0 saturated heterocycles. The Bertz CT molecular complexity index is 618. The molecular formula is C14H15N3O2. The minimum atomic E-state index is -0.298. The molecule has 0 atom stereocenters. The molecule has 0 bridgehead atoms. The summed E-state index contributed by atoms with van der Waals surface area (Å²) < 4.78 is 0. The predicted octanol–water partition coefficient (Wildman–Crippen LogP) is 2.36. The summed E-state index contributed by atoms with van der Waals surface area (Å²) >= 11 is 0. The van der Waals surface area contributed by atoms with Gasteiger partial charge in [-0.25, -0.2) is 9.97 Å². The molecule has 0 radical (unpaired) electrons. The second-order valence-electron chi connectivity index (χ2n) is 4.43. The molecule has 5 nitrogen and oxygen atoms in total. The number of anilines is 1. The Balaban J connectivity index is 2.22. The zero-order valence-corrected chi connectivity index (χ0v) is 11.1. The maximum absolute atomic E-state index is 12.0. The molecule has 1 aromatic carbocycles. The van der Waals surface area contributed by atoms with Crippen molar-refractivity contribution in [2.24, 2.45) is 0 Å². The van der Waals surface area contributed by atoms with Crippen molar-refractivity contribution in [1.29, 1.82) is 0 Å². The summed E-state index contributed by atoms with van der Waals surface area (Å²) in [5, 5.41) is 12.1. The maximum Gasteiger partial charge on any atom is 0.258 e. The van der Waals surface area contributed by atoms with Crippen LogP contribution in [0.1, 0.15) is 27.3 Å². The van der Waals surface area contributed by atoms with E-state index in [2.05, 4.69) is 15.3 Å². The third-order valence-corrected chi connectivity index (χ3v) is 2.67. The molecule has 0 aliphatic rings. The molecule has 0 aliphatic carbocycles. The second kappa shape index (κ2) is 5.06. The highest BCUT2D eigenvalue weighted by molar-refractivity contribution is 6.03. The van der Waals surface area contributed by atoms with E-state index in [1.807, 2.05) is 19.9 Å². The van der Waals surface area contributed by atoms with E-state index in [-0.39, 0.29) is 17.6 Å². The Labute approximate surface area is 111 Å². The van der Waals surface area contributed by atoms with Crippen LogP contribution in [0.4, 0.5) is 5.95 Å². The van der Waals surface area contributed by atoms with Gasteiger partial charge in [0.1, 0.15) is 5.75 Å². The average Bonchev–Trinajstić information content (AvgIpc) is 2.31. The Morgan fingerprint density at radius 1 is 1.11 bits per heavy atom. The number of nitrogens with zero attached hydrogens (tertiary/aromatic N) is 2. The third kappa shape index (κ3) is 3.07. The van der Waals surface area contributed by atoms with Gasteiger partial charge in [-0.2, -0.15) is 0 Å². The predicted molar refractivity (Wildman–Crippen MR) is 72.3 cm³/mol. The lowest BCUT2D eigenvalue weighted by molar-refractivity contribution is 0.102. The normalized spacial score (nSPS) is 10.3. The van der Waals surface area contributed by atoms with E-state index in [1.165, 1.54) is 6.07 Å². The number of amides is 1. The van der Waals surface area contributed by atoms with E-state index in [9.17, 15) is 9.90 Å². The summed E-state index contributed by atoms with van der Waals surface area (Å²) in [4.78, 5) is 20.3. The molecule has 1 amide bonds. The number of aryl methyl sites for hydroxylation is 3. The van der Waals surface area contributed by atoms with Crippen molar-refractivity contribution in [3.05, 3.63) is 46.8 Å². The molecule has 1 heterocycles. The van der Waals surface area contributed by atoms with Crippen LogP contribution in [0.15, 0.2) is 24.3 Å². The topological polar surface area (TPSA) is 75.1 Å². The van der Waals surface area contributed by atoms with Crippen molar-refractivity contribution in [2.75, 3.05) is 5.32 Å². The Morgan fingerprint density at radius 2 is 1.74 bits per heavy atom. The largest absolute Gasteiger partial charge is 0.508 e. The van der Waals surface area contributed by atoms with Crippen molar-refractivity contribution >= 4 is 11.9 Å². The number of aromatic nitrogens is 2. The van der Waals surface area contributed by atoms with Crippen molar-refractivity contribution in [1.82, 2.24) is 9.97 Å². The number of aromatic hydroxyl groups is 1. The summed E-state index contributed by atoms with van der Waals surface area (Å²) in [6, 6.07) is 6.50. The van der Waals surface area contributed by atoms with E-state index >= 15 is 0 Å². The van der Waals surface area contributed by atoms with Crippen molar-refractivity contribution in [3.8, 4) is 5.75 Å². The van der Waals surface area contributed by atoms with Gasteiger partial charge in [-0.3, -0.25) is 10.1 Å². The molecule has 1 aromatic heterocycles. The van der Waals surface area contributed by atoms with Gasteiger partial charge in [0.2, 0.25) is 5.95 Å². The minimum absolute atomic E-state index is 0.166. The summed E-state index contributed by atoms with van der Waals surface area (Å²) in [5.74, 6) is 0.153. The van der Waals surface area contributed by atoms with Crippen molar-refractivity contribution in [2.45, 2.75) is 20.8 Å². The van der Waals surface area contributed by atoms with Gasteiger partial charge in [0.05, 0.1) is 0 Å². The molecule has 2 aromatic rings. The van der Waals surface area contributed by atoms with E-state index < -0.39 is 0 Å². The van der Waals surface area contributed by atoms with Crippen LogP contribution in [0, 0.1) is 20.8 Å². The fraction of sp³-hybridized carbons (Fsp3) is 0.214. The number of phenolic OH excluding ortho intramolecular Hbond substituents is 1. The average molecular weight is 257 g/mol. The Kier molecular flexibility index (Phi) is 3.46. The zero-order chi connectivity index (χ0) is 14.0. The first-order valence-corrected chi connectivity index (χ1v) is 5.89. The monoisotopic (exact) mass is 257 g/mol. The molecule has 0 aliphatic heterocycles. The molecular weight excluding hydrogens is 242 g/mol. The molecule has 19 heavy (non-hydrogen) atoms. The minimum Gasteiger partial charge on any atom is -0.508 e. The third-order valence-electron chi connectivity index (χ3n) is 2.67. The highest BCUT2D eigenvalue weighted by atomic mass is 16.3.